The van der Waals surface area contributed by atoms with Crippen molar-refractivity contribution < 1.29 is 19.1 Å². The molecular weight excluding hydrogens is 350 g/mol. The molecule has 5 nitrogen and oxygen atoms in total. The first-order valence-electron chi connectivity index (χ1n) is 8.62. The Kier molecular flexibility index (Phi) is 6.80. The highest BCUT2D eigenvalue weighted by Crippen LogP contribution is 2.40. The Hall–Kier alpha value is -2.34. The molecule has 1 heterocycles. The second-order valence-corrected chi connectivity index (χ2v) is 7.56. The lowest BCUT2D eigenvalue weighted by Gasteiger charge is -2.10. The molecule has 1 aromatic heterocycles. The van der Waals surface area contributed by atoms with E-state index in [9.17, 15) is 9.59 Å². The maximum absolute atomic E-state index is 12.4. The van der Waals surface area contributed by atoms with E-state index in [4.69, 9.17) is 9.47 Å². The molecule has 1 aromatic carbocycles. The Balaban J connectivity index is 2.45. The molecule has 26 heavy (non-hydrogen) atoms. The quantitative estimate of drug-likeness (QED) is 0.700. The molecule has 6 heteroatoms. The SMILES string of the molecule is CCOc1ccc(-c2c(C)sc(NC(=O)CC(C)C)c2C(=O)OC)cc1. The highest BCUT2D eigenvalue weighted by molar-refractivity contribution is 7.17. The fraction of sp³-hybridized carbons (Fsp3) is 0.400. The molecule has 0 fully saturated rings. The zero-order valence-electron chi connectivity index (χ0n) is 15.8. The molecule has 2 rings (SSSR count). The Morgan fingerprint density at radius 2 is 1.85 bits per heavy atom. The fourth-order valence-corrected chi connectivity index (χ4v) is 3.79. The van der Waals surface area contributed by atoms with Gasteiger partial charge in [-0.3, -0.25) is 4.79 Å². The van der Waals surface area contributed by atoms with Crippen molar-refractivity contribution in [2.75, 3.05) is 19.0 Å². The van der Waals surface area contributed by atoms with Crippen molar-refractivity contribution in [1.29, 1.82) is 0 Å². The summed E-state index contributed by atoms with van der Waals surface area (Å²) in [6.45, 7) is 8.41. The summed E-state index contributed by atoms with van der Waals surface area (Å²) in [5.74, 6) is 0.445. The molecule has 0 aliphatic heterocycles. The lowest BCUT2D eigenvalue weighted by Crippen LogP contribution is -2.15. The van der Waals surface area contributed by atoms with Gasteiger partial charge in [-0.1, -0.05) is 26.0 Å². The maximum atomic E-state index is 12.4. The van der Waals surface area contributed by atoms with E-state index in [0.29, 0.717) is 23.6 Å². The monoisotopic (exact) mass is 375 g/mol. The third-order valence-corrected chi connectivity index (χ3v) is 4.80. The lowest BCUT2D eigenvalue weighted by atomic mass is 10.0. The largest absolute Gasteiger partial charge is 0.494 e. The average molecular weight is 375 g/mol. The van der Waals surface area contributed by atoms with Crippen molar-refractivity contribution >= 4 is 28.2 Å². The smallest absolute Gasteiger partial charge is 0.341 e. The summed E-state index contributed by atoms with van der Waals surface area (Å²) in [5, 5.41) is 3.41. The van der Waals surface area contributed by atoms with Crippen molar-refractivity contribution in [2.24, 2.45) is 5.92 Å². The van der Waals surface area contributed by atoms with Gasteiger partial charge in [0.1, 0.15) is 16.3 Å². The van der Waals surface area contributed by atoms with E-state index in [2.05, 4.69) is 5.32 Å². The van der Waals surface area contributed by atoms with Gasteiger partial charge in [0.2, 0.25) is 5.91 Å². The second kappa shape index (κ2) is 8.85. The van der Waals surface area contributed by atoms with Crippen molar-refractivity contribution in [3.63, 3.8) is 0 Å². The predicted octanol–water partition coefficient (Wildman–Crippen LogP) is 4.89. The van der Waals surface area contributed by atoms with E-state index in [0.717, 1.165) is 21.8 Å². The molecule has 140 valence electrons. The third-order valence-electron chi connectivity index (χ3n) is 3.77. The number of hydrogen-bond acceptors (Lipinski definition) is 5. The third kappa shape index (κ3) is 4.64. The number of anilines is 1. The fourth-order valence-electron chi connectivity index (χ4n) is 2.71. The van der Waals surface area contributed by atoms with E-state index >= 15 is 0 Å². The molecule has 1 N–H and O–H groups in total. The van der Waals surface area contributed by atoms with Crippen LogP contribution in [0.2, 0.25) is 0 Å². The number of benzene rings is 1. The molecule has 0 aliphatic rings. The van der Waals surface area contributed by atoms with E-state index in [1.54, 1.807) is 0 Å². The number of carbonyl (C=O) groups excluding carboxylic acids is 2. The minimum atomic E-state index is -0.460. The van der Waals surface area contributed by atoms with E-state index in [1.165, 1.54) is 18.4 Å². The number of nitrogens with one attached hydrogen (secondary N) is 1. The number of hydrogen-bond donors (Lipinski definition) is 1. The highest BCUT2D eigenvalue weighted by Gasteiger charge is 2.25. The highest BCUT2D eigenvalue weighted by atomic mass is 32.1. The standard InChI is InChI=1S/C20H25NO4S/c1-6-25-15-9-7-14(8-10-15)17-13(4)26-19(18(17)20(23)24-5)21-16(22)11-12(2)3/h7-10,12H,6,11H2,1-5H3,(H,21,22). The first kappa shape index (κ1) is 20.0. The molecule has 0 atom stereocenters. The van der Waals surface area contributed by atoms with Crippen LogP contribution in [-0.4, -0.2) is 25.6 Å². The van der Waals surface area contributed by atoms with Gasteiger partial charge in [0, 0.05) is 16.9 Å². The number of methoxy groups -OCH3 is 1. The summed E-state index contributed by atoms with van der Waals surface area (Å²) in [6, 6.07) is 7.56. The van der Waals surface area contributed by atoms with Crippen LogP contribution in [0.25, 0.3) is 11.1 Å². The zero-order valence-corrected chi connectivity index (χ0v) is 16.7. The predicted molar refractivity (Wildman–Crippen MR) is 105 cm³/mol. The number of thiophene rings is 1. The number of amides is 1. The summed E-state index contributed by atoms with van der Waals surface area (Å²) < 4.78 is 10.4. The van der Waals surface area contributed by atoms with Gasteiger partial charge in [0.25, 0.3) is 0 Å². The van der Waals surface area contributed by atoms with Crippen LogP contribution in [0.4, 0.5) is 5.00 Å². The Morgan fingerprint density at radius 1 is 1.19 bits per heavy atom. The topological polar surface area (TPSA) is 64.6 Å². The zero-order chi connectivity index (χ0) is 19.3. The van der Waals surface area contributed by atoms with Crippen LogP contribution in [-0.2, 0) is 9.53 Å². The maximum Gasteiger partial charge on any atom is 0.341 e. The molecule has 0 spiro atoms. The summed E-state index contributed by atoms with van der Waals surface area (Å²) in [7, 11) is 1.34. The van der Waals surface area contributed by atoms with Crippen LogP contribution in [0.1, 0.15) is 42.4 Å². The lowest BCUT2D eigenvalue weighted by molar-refractivity contribution is -0.116. The van der Waals surface area contributed by atoms with Gasteiger partial charge in [-0.05, 0) is 37.5 Å². The summed E-state index contributed by atoms with van der Waals surface area (Å²) in [5.41, 5.74) is 2.06. The summed E-state index contributed by atoms with van der Waals surface area (Å²) >= 11 is 1.39. The Bertz CT molecular complexity index is 778. The minimum absolute atomic E-state index is 0.107. The minimum Gasteiger partial charge on any atom is -0.494 e. The van der Waals surface area contributed by atoms with Gasteiger partial charge >= 0.3 is 5.97 Å². The number of ether oxygens (including phenoxy) is 2. The molecule has 0 saturated carbocycles. The van der Waals surface area contributed by atoms with Gasteiger partial charge in [-0.15, -0.1) is 11.3 Å². The summed E-state index contributed by atoms with van der Waals surface area (Å²) in [6.07, 6.45) is 0.399. The van der Waals surface area contributed by atoms with E-state index in [-0.39, 0.29) is 11.8 Å². The molecular formula is C20H25NO4S. The number of aryl methyl sites for hydroxylation is 1. The number of esters is 1. The van der Waals surface area contributed by atoms with Crippen molar-refractivity contribution in [1.82, 2.24) is 0 Å². The van der Waals surface area contributed by atoms with Gasteiger partial charge in [0.15, 0.2) is 0 Å². The van der Waals surface area contributed by atoms with Crippen LogP contribution >= 0.6 is 11.3 Å². The van der Waals surface area contributed by atoms with E-state index in [1.807, 2.05) is 52.0 Å². The van der Waals surface area contributed by atoms with Gasteiger partial charge in [0.05, 0.1) is 13.7 Å². The second-order valence-electron chi connectivity index (χ2n) is 6.33. The first-order valence-corrected chi connectivity index (χ1v) is 9.43. The molecule has 0 radical (unpaired) electrons. The van der Waals surface area contributed by atoms with Crippen molar-refractivity contribution in [2.45, 2.75) is 34.1 Å². The normalized spacial score (nSPS) is 10.7. The molecule has 0 saturated heterocycles. The molecule has 2 aromatic rings. The molecule has 0 unspecified atom stereocenters. The van der Waals surface area contributed by atoms with Crippen molar-refractivity contribution in [3.05, 3.63) is 34.7 Å². The van der Waals surface area contributed by atoms with Crippen LogP contribution in [0, 0.1) is 12.8 Å². The Labute approximate surface area is 158 Å². The molecule has 0 bridgehead atoms. The van der Waals surface area contributed by atoms with Crippen LogP contribution < -0.4 is 10.1 Å². The summed E-state index contributed by atoms with van der Waals surface area (Å²) in [4.78, 5) is 25.5. The Morgan fingerprint density at radius 3 is 2.38 bits per heavy atom. The van der Waals surface area contributed by atoms with Crippen molar-refractivity contribution in [3.8, 4) is 16.9 Å². The van der Waals surface area contributed by atoms with Crippen LogP contribution in [0.15, 0.2) is 24.3 Å². The van der Waals surface area contributed by atoms with Gasteiger partial charge in [-0.2, -0.15) is 0 Å². The van der Waals surface area contributed by atoms with E-state index < -0.39 is 5.97 Å². The van der Waals surface area contributed by atoms with Crippen LogP contribution in [0.5, 0.6) is 5.75 Å². The average Bonchev–Trinajstić information content (AvgIpc) is 2.90. The van der Waals surface area contributed by atoms with Crippen LogP contribution in [0.3, 0.4) is 0 Å². The first-order chi connectivity index (χ1) is 12.4. The van der Waals surface area contributed by atoms with Gasteiger partial charge in [-0.25, -0.2) is 4.79 Å². The van der Waals surface area contributed by atoms with Gasteiger partial charge < -0.3 is 14.8 Å². The molecule has 0 aliphatic carbocycles. The molecule has 1 amide bonds. The number of carbonyl (C=O) groups is 2. The number of rotatable bonds is 7.